The summed E-state index contributed by atoms with van der Waals surface area (Å²) in [7, 11) is -2.97. The molecule has 0 atom stereocenters. The number of ketones is 1. The number of allylic oxidation sites excluding steroid dienone is 2. The van der Waals surface area contributed by atoms with Gasteiger partial charge < -0.3 is 15.0 Å². The summed E-state index contributed by atoms with van der Waals surface area (Å²) in [6.07, 6.45) is 1.08. The summed E-state index contributed by atoms with van der Waals surface area (Å²) in [5.41, 5.74) is -0.302. The number of pyridine rings is 1. The van der Waals surface area contributed by atoms with Crippen LogP contribution in [0.4, 0.5) is 5.69 Å². The molecule has 0 amide bonds. The van der Waals surface area contributed by atoms with Crippen LogP contribution in [-0.4, -0.2) is 28.4 Å². The lowest BCUT2D eigenvalue weighted by molar-refractivity contribution is 0.104. The molecule has 0 radical (unpaired) electrons. The zero-order chi connectivity index (χ0) is 21.3. The highest BCUT2D eigenvalue weighted by Crippen LogP contribution is 2.27. The third kappa shape index (κ3) is 3.91. The van der Waals surface area contributed by atoms with Crippen molar-refractivity contribution in [1.29, 1.82) is 0 Å². The minimum Gasteiger partial charge on any atom is -0.506 e. The van der Waals surface area contributed by atoms with Crippen molar-refractivity contribution < 1.29 is 22.9 Å². The quantitative estimate of drug-likeness (QED) is 0.333. The number of nitrogens with one attached hydrogen (secondary N) is 1. The molecular weight excluding hydrogens is 396 g/mol. The molecular formula is C20H18N2O6S. The van der Waals surface area contributed by atoms with Crippen molar-refractivity contribution in [1.82, 2.24) is 4.57 Å². The Balaban J connectivity index is 2.03. The van der Waals surface area contributed by atoms with Gasteiger partial charge in [-0.1, -0.05) is 24.3 Å². The number of benzene rings is 2. The third-order valence-electron chi connectivity index (χ3n) is 4.37. The largest absolute Gasteiger partial charge is 0.506 e. The lowest BCUT2D eigenvalue weighted by Gasteiger charge is -2.12. The first-order valence-electron chi connectivity index (χ1n) is 8.48. The van der Waals surface area contributed by atoms with Crippen LogP contribution in [0, 0.1) is 0 Å². The minimum absolute atomic E-state index is 0.0622. The number of fused-ring (bicyclic) bond motifs is 1. The fraction of sp³-hybridized carbons (Fsp3) is 0.100. The van der Waals surface area contributed by atoms with Crippen molar-refractivity contribution in [2.45, 2.75) is 11.8 Å². The molecule has 2 aromatic carbocycles. The van der Waals surface area contributed by atoms with Gasteiger partial charge in [0.25, 0.3) is 15.7 Å². The molecule has 9 heteroatoms. The predicted molar refractivity (Wildman–Crippen MR) is 109 cm³/mol. The summed E-state index contributed by atoms with van der Waals surface area (Å²) >= 11 is 0. The van der Waals surface area contributed by atoms with Crippen molar-refractivity contribution in [2.75, 3.05) is 5.32 Å². The first kappa shape index (κ1) is 20.3. The molecule has 0 saturated carbocycles. The second kappa shape index (κ2) is 7.53. The number of carbonyl (C=O) groups excluding carboxylic acids is 1. The van der Waals surface area contributed by atoms with Crippen LogP contribution in [0.2, 0.25) is 0 Å². The van der Waals surface area contributed by atoms with Gasteiger partial charge in [0.15, 0.2) is 5.78 Å². The van der Waals surface area contributed by atoms with Gasteiger partial charge in [-0.05, 0) is 31.2 Å². The summed E-state index contributed by atoms with van der Waals surface area (Å²) in [5.74, 6) is -1.17. The normalized spacial score (nSPS) is 12.2. The Morgan fingerprint density at radius 3 is 2.41 bits per heavy atom. The molecule has 0 aliphatic rings. The highest BCUT2D eigenvalue weighted by atomic mass is 32.2. The number of hydrogen-bond donors (Lipinski definition) is 3. The topological polar surface area (TPSA) is 126 Å². The van der Waals surface area contributed by atoms with Gasteiger partial charge in [0, 0.05) is 24.2 Å². The van der Waals surface area contributed by atoms with Gasteiger partial charge in [0.2, 0.25) is 0 Å². The lowest BCUT2D eigenvalue weighted by atomic mass is 10.1. The van der Waals surface area contributed by atoms with E-state index in [0.717, 1.165) is 6.08 Å². The summed E-state index contributed by atoms with van der Waals surface area (Å²) in [6.45, 7) is 1.49. The molecule has 0 bridgehead atoms. The average Bonchev–Trinajstić information content (AvgIpc) is 2.66. The molecule has 3 aromatic rings. The van der Waals surface area contributed by atoms with E-state index in [-0.39, 0.29) is 16.3 Å². The van der Waals surface area contributed by atoms with Gasteiger partial charge >= 0.3 is 0 Å². The van der Waals surface area contributed by atoms with E-state index in [0.29, 0.717) is 10.9 Å². The van der Waals surface area contributed by atoms with E-state index in [1.807, 2.05) is 0 Å². The molecule has 150 valence electrons. The van der Waals surface area contributed by atoms with E-state index in [2.05, 4.69) is 5.32 Å². The van der Waals surface area contributed by atoms with Crippen LogP contribution in [0.5, 0.6) is 5.75 Å². The number of nitrogens with zero attached hydrogens (tertiary/aromatic N) is 1. The molecule has 3 rings (SSSR count). The Labute approximate surface area is 166 Å². The maximum absolute atomic E-state index is 12.7. The van der Waals surface area contributed by atoms with E-state index < -0.39 is 32.8 Å². The van der Waals surface area contributed by atoms with Gasteiger partial charge in [0.1, 0.15) is 16.2 Å². The highest BCUT2D eigenvalue weighted by Gasteiger charge is 2.20. The maximum atomic E-state index is 12.7. The molecule has 0 spiro atoms. The monoisotopic (exact) mass is 414 g/mol. The first-order chi connectivity index (χ1) is 13.6. The molecule has 0 fully saturated rings. The zero-order valence-corrected chi connectivity index (χ0v) is 16.4. The van der Waals surface area contributed by atoms with E-state index in [1.165, 1.54) is 36.7 Å². The van der Waals surface area contributed by atoms with Crippen molar-refractivity contribution in [2.24, 2.45) is 7.05 Å². The smallest absolute Gasteiger partial charge is 0.296 e. The van der Waals surface area contributed by atoms with Crippen LogP contribution in [-0.2, 0) is 17.2 Å². The van der Waals surface area contributed by atoms with E-state index in [4.69, 9.17) is 0 Å². The van der Waals surface area contributed by atoms with E-state index in [9.17, 15) is 27.7 Å². The van der Waals surface area contributed by atoms with Crippen LogP contribution < -0.4 is 10.9 Å². The Bertz CT molecular complexity index is 1320. The number of aryl methyl sites for hydroxylation is 1. The second-order valence-electron chi connectivity index (χ2n) is 6.39. The molecule has 1 aromatic heterocycles. The van der Waals surface area contributed by atoms with E-state index >= 15 is 0 Å². The maximum Gasteiger partial charge on any atom is 0.296 e. The Hall–Kier alpha value is -3.43. The predicted octanol–water partition coefficient (Wildman–Crippen LogP) is 2.69. The van der Waals surface area contributed by atoms with Crippen molar-refractivity contribution in [3.8, 4) is 5.75 Å². The molecule has 29 heavy (non-hydrogen) atoms. The number of aromatic nitrogens is 1. The Kier molecular flexibility index (Phi) is 5.27. The lowest BCUT2D eigenvalue weighted by Crippen LogP contribution is -2.24. The highest BCUT2D eigenvalue weighted by molar-refractivity contribution is 7.86. The summed E-state index contributed by atoms with van der Waals surface area (Å²) in [5, 5.41) is 13.6. The summed E-state index contributed by atoms with van der Waals surface area (Å²) < 4.78 is 33.5. The Morgan fingerprint density at radius 1 is 1.10 bits per heavy atom. The van der Waals surface area contributed by atoms with Crippen LogP contribution in [0.3, 0.4) is 0 Å². The van der Waals surface area contributed by atoms with E-state index in [1.54, 1.807) is 30.3 Å². The zero-order valence-electron chi connectivity index (χ0n) is 15.6. The van der Waals surface area contributed by atoms with Gasteiger partial charge in [-0.25, -0.2) is 0 Å². The van der Waals surface area contributed by atoms with Gasteiger partial charge in [-0.15, -0.1) is 0 Å². The van der Waals surface area contributed by atoms with Crippen LogP contribution in [0.1, 0.15) is 17.3 Å². The fourth-order valence-corrected chi connectivity index (χ4v) is 3.66. The average molecular weight is 414 g/mol. The van der Waals surface area contributed by atoms with Crippen LogP contribution in [0.15, 0.2) is 70.0 Å². The van der Waals surface area contributed by atoms with Crippen molar-refractivity contribution in [3.63, 3.8) is 0 Å². The number of hydrogen-bond acceptors (Lipinski definition) is 6. The number of aromatic hydroxyl groups is 1. The number of anilines is 1. The van der Waals surface area contributed by atoms with Gasteiger partial charge in [-0.3, -0.25) is 14.1 Å². The Morgan fingerprint density at radius 2 is 1.72 bits per heavy atom. The fourth-order valence-electron chi connectivity index (χ4n) is 3.01. The first-order valence-corrected chi connectivity index (χ1v) is 9.92. The van der Waals surface area contributed by atoms with Crippen molar-refractivity contribution >= 4 is 32.5 Å². The summed E-state index contributed by atoms with van der Waals surface area (Å²) in [4.78, 5) is 24.9. The second-order valence-corrected chi connectivity index (χ2v) is 7.78. The minimum atomic E-state index is -4.47. The van der Waals surface area contributed by atoms with Crippen LogP contribution in [0.25, 0.3) is 10.9 Å². The molecule has 0 aliphatic carbocycles. The molecule has 0 saturated heterocycles. The molecule has 0 unspecified atom stereocenters. The van der Waals surface area contributed by atoms with Crippen LogP contribution >= 0.6 is 0 Å². The van der Waals surface area contributed by atoms with Crippen molar-refractivity contribution in [3.05, 3.63) is 76.2 Å². The number of rotatable bonds is 5. The summed E-state index contributed by atoms with van der Waals surface area (Å²) in [6, 6.07) is 12.2. The standard InChI is InChI=1S/C20H18N2O6S/c1-12(21-14-8-4-6-10-17(14)29(26,27)28)11-16(23)18-19(24)13-7-3-5-9-15(13)22(2)20(18)25/h3-11,21,24H,1-2H3,(H,26,27,28)/b12-11+. The third-order valence-corrected chi connectivity index (χ3v) is 5.28. The number of para-hydroxylation sites is 2. The van der Waals surface area contributed by atoms with Gasteiger partial charge in [-0.2, -0.15) is 8.42 Å². The SMILES string of the molecule is C/C(=C\C(=O)c1c(O)c2ccccc2n(C)c1=O)Nc1ccccc1S(=O)(=O)O. The van der Waals surface area contributed by atoms with Gasteiger partial charge in [0.05, 0.1) is 11.2 Å². The molecule has 8 nitrogen and oxygen atoms in total. The molecule has 3 N–H and O–H groups in total. The molecule has 0 aliphatic heterocycles. The number of carbonyl (C=O) groups is 1. The molecule has 1 heterocycles.